The van der Waals surface area contributed by atoms with Crippen LogP contribution in [0, 0.1) is 0 Å². The monoisotopic (exact) mass is 449 g/mol. The fraction of sp³-hybridized carbons (Fsp3) is 0.417. The van der Waals surface area contributed by atoms with Gasteiger partial charge >= 0.3 is 0 Å². The number of aromatic amines is 2. The summed E-state index contributed by atoms with van der Waals surface area (Å²) in [6.07, 6.45) is 12.1. The van der Waals surface area contributed by atoms with Crippen molar-refractivity contribution >= 4 is 11.8 Å². The largest absolute Gasteiger partial charge is 0.366 e. The van der Waals surface area contributed by atoms with Crippen molar-refractivity contribution in [3.05, 3.63) is 70.8 Å². The second kappa shape index (κ2) is 10.9. The van der Waals surface area contributed by atoms with Crippen molar-refractivity contribution in [2.45, 2.75) is 38.5 Å². The molecule has 0 bridgehead atoms. The summed E-state index contributed by atoms with van der Waals surface area (Å²) in [7, 11) is 0. The summed E-state index contributed by atoms with van der Waals surface area (Å²) in [5, 5.41) is 3.05. The number of hydrogen-bond donors (Lipinski definition) is 4. The minimum absolute atomic E-state index is 0.158. The van der Waals surface area contributed by atoms with Crippen LogP contribution >= 0.6 is 0 Å². The summed E-state index contributed by atoms with van der Waals surface area (Å²) >= 11 is 0. The van der Waals surface area contributed by atoms with Gasteiger partial charge in [-0.25, -0.2) is 9.97 Å². The first-order valence-electron chi connectivity index (χ1n) is 11.5. The summed E-state index contributed by atoms with van der Waals surface area (Å²) in [5.74, 6) is 0.704. The van der Waals surface area contributed by atoms with Crippen molar-refractivity contribution in [2.24, 2.45) is 5.73 Å². The van der Waals surface area contributed by atoms with E-state index in [1.807, 2.05) is 0 Å². The standard InChI is InChI=1S/C24H31N7O2/c25-23(32)17-5-6-18(24(33)30-7-1-2-12-31-13-3-4-14-31)20(16-22-28-10-11-29-22)19(17)15-21-26-8-9-27-21/h5-6,8-11H,1-4,7,12-16H2,(H2,25,32)(H,26,27)(H,28,29)(H,30,33). The zero-order valence-corrected chi connectivity index (χ0v) is 18.8. The van der Waals surface area contributed by atoms with Gasteiger partial charge in [0.05, 0.1) is 0 Å². The maximum absolute atomic E-state index is 13.2. The predicted molar refractivity (Wildman–Crippen MR) is 125 cm³/mol. The summed E-state index contributed by atoms with van der Waals surface area (Å²) < 4.78 is 0. The molecule has 0 spiro atoms. The van der Waals surface area contributed by atoms with Crippen LogP contribution in [0.5, 0.6) is 0 Å². The topological polar surface area (TPSA) is 133 Å². The Hall–Kier alpha value is -3.46. The van der Waals surface area contributed by atoms with E-state index in [0.717, 1.165) is 24.9 Å². The van der Waals surface area contributed by atoms with Crippen molar-refractivity contribution in [2.75, 3.05) is 26.2 Å². The van der Waals surface area contributed by atoms with Gasteiger partial charge in [0.1, 0.15) is 11.6 Å². The number of aromatic nitrogens is 4. The Kier molecular flexibility index (Phi) is 7.51. The minimum atomic E-state index is -0.536. The second-order valence-electron chi connectivity index (χ2n) is 8.42. The van der Waals surface area contributed by atoms with E-state index in [2.05, 4.69) is 30.2 Å². The molecule has 1 fully saturated rings. The lowest BCUT2D eigenvalue weighted by Crippen LogP contribution is -2.28. The number of nitrogens with one attached hydrogen (secondary N) is 3. The molecule has 0 unspecified atom stereocenters. The third-order valence-electron chi connectivity index (χ3n) is 6.12. The molecule has 0 aliphatic carbocycles. The maximum atomic E-state index is 13.2. The second-order valence-corrected chi connectivity index (χ2v) is 8.42. The van der Waals surface area contributed by atoms with Gasteiger partial charge in [-0.15, -0.1) is 0 Å². The predicted octanol–water partition coefficient (Wildman–Crippen LogP) is 2.02. The first-order valence-corrected chi connectivity index (χ1v) is 11.5. The molecule has 4 rings (SSSR count). The third-order valence-corrected chi connectivity index (χ3v) is 6.12. The van der Waals surface area contributed by atoms with Gasteiger partial charge in [-0.1, -0.05) is 0 Å². The molecule has 0 radical (unpaired) electrons. The van der Waals surface area contributed by atoms with Gasteiger partial charge < -0.3 is 25.9 Å². The number of amides is 2. The van der Waals surface area contributed by atoms with E-state index in [4.69, 9.17) is 5.73 Å². The van der Waals surface area contributed by atoms with Crippen molar-refractivity contribution in [1.29, 1.82) is 0 Å². The highest BCUT2D eigenvalue weighted by Crippen LogP contribution is 2.24. The molecule has 0 saturated carbocycles. The van der Waals surface area contributed by atoms with E-state index < -0.39 is 5.91 Å². The third kappa shape index (κ3) is 5.87. The van der Waals surface area contributed by atoms with E-state index in [9.17, 15) is 9.59 Å². The van der Waals surface area contributed by atoms with Gasteiger partial charge in [0.2, 0.25) is 5.91 Å². The van der Waals surface area contributed by atoms with Crippen molar-refractivity contribution in [3.63, 3.8) is 0 Å². The van der Waals surface area contributed by atoms with Crippen LogP contribution in [-0.2, 0) is 12.8 Å². The lowest BCUT2D eigenvalue weighted by Gasteiger charge is -2.17. The number of likely N-dealkylation sites (tertiary alicyclic amines) is 1. The minimum Gasteiger partial charge on any atom is -0.366 e. The quantitative estimate of drug-likeness (QED) is 0.333. The molecule has 174 valence electrons. The van der Waals surface area contributed by atoms with E-state index in [1.165, 1.54) is 25.9 Å². The van der Waals surface area contributed by atoms with Gasteiger partial charge in [0.15, 0.2) is 0 Å². The highest BCUT2D eigenvalue weighted by Gasteiger charge is 2.22. The summed E-state index contributed by atoms with van der Waals surface area (Å²) in [6, 6.07) is 3.32. The van der Waals surface area contributed by atoms with Gasteiger partial charge in [-0.3, -0.25) is 9.59 Å². The zero-order chi connectivity index (χ0) is 23.0. The zero-order valence-electron chi connectivity index (χ0n) is 18.8. The van der Waals surface area contributed by atoms with Crippen molar-refractivity contribution in [1.82, 2.24) is 30.2 Å². The number of imidazole rings is 2. The molecule has 5 N–H and O–H groups in total. The molecule has 3 aromatic rings. The SMILES string of the molecule is NC(=O)c1ccc(C(=O)NCCCCN2CCCC2)c(Cc2ncc[nH]2)c1Cc1ncc[nH]1. The fourth-order valence-electron chi connectivity index (χ4n) is 4.43. The van der Waals surface area contributed by atoms with Crippen LogP contribution in [0.1, 0.15) is 69.2 Å². The molecule has 1 aromatic carbocycles. The number of benzene rings is 1. The van der Waals surface area contributed by atoms with Crippen LogP contribution in [0.4, 0.5) is 0 Å². The van der Waals surface area contributed by atoms with E-state index in [0.29, 0.717) is 47.7 Å². The smallest absolute Gasteiger partial charge is 0.251 e. The number of unbranched alkanes of at least 4 members (excludes halogenated alkanes) is 1. The van der Waals surface area contributed by atoms with E-state index >= 15 is 0 Å². The molecule has 2 aromatic heterocycles. The van der Waals surface area contributed by atoms with Crippen LogP contribution in [0.2, 0.25) is 0 Å². The number of nitrogens with zero attached hydrogens (tertiary/aromatic N) is 3. The van der Waals surface area contributed by atoms with Crippen LogP contribution in [0.3, 0.4) is 0 Å². The van der Waals surface area contributed by atoms with Crippen molar-refractivity contribution in [3.8, 4) is 0 Å². The van der Waals surface area contributed by atoms with Crippen LogP contribution in [0.25, 0.3) is 0 Å². The molecule has 33 heavy (non-hydrogen) atoms. The number of nitrogens with two attached hydrogens (primary N) is 1. The molecule has 1 aliphatic heterocycles. The van der Waals surface area contributed by atoms with Crippen LogP contribution < -0.4 is 11.1 Å². The maximum Gasteiger partial charge on any atom is 0.251 e. The highest BCUT2D eigenvalue weighted by atomic mass is 16.2. The molecule has 1 aliphatic rings. The average Bonchev–Trinajstić information content (AvgIpc) is 3.58. The number of carbonyl (C=O) groups excluding carboxylic acids is 2. The number of rotatable bonds is 11. The Morgan fingerprint density at radius 3 is 2.12 bits per heavy atom. The first-order chi connectivity index (χ1) is 16.1. The van der Waals surface area contributed by atoms with Gasteiger partial charge in [-0.05, 0) is 68.6 Å². The van der Waals surface area contributed by atoms with E-state index in [-0.39, 0.29) is 5.91 Å². The first kappa shape index (κ1) is 22.7. The highest BCUT2D eigenvalue weighted by molar-refractivity contribution is 6.00. The normalized spacial score (nSPS) is 13.9. The average molecular weight is 450 g/mol. The Balaban J connectivity index is 1.53. The van der Waals surface area contributed by atoms with Gasteiger partial charge in [0.25, 0.3) is 5.91 Å². The number of hydrogen-bond acceptors (Lipinski definition) is 5. The molecule has 1 saturated heterocycles. The van der Waals surface area contributed by atoms with Crippen molar-refractivity contribution < 1.29 is 9.59 Å². The number of H-pyrrole nitrogens is 2. The van der Waals surface area contributed by atoms with Crippen LogP contribution in [0.15, 0.2) is 36.9 Å². The molecular weight excluding hydrogens is 418 g/mol. The van der Waals surface area contributed by atoms with Crippen LogP contribution in [-0.4, -0.2) is 62.8 Å². The lowest BCUT2D eigenvalue weighted by molar-refractivity contribution is 0.0948. The Morgan fingerprint density at radius 2 is 1.55 bits per heavy atom. The molecule has 9 nitrogen and oxygen atoms in total. The van der Waals surface area contributed by atoms with E-state index in [1.54, 1.807) is 36.9 Å². The molecule has 3 heterocycles. The molecule has 0 atom stereocenters. The fourth-order valence-corrected chi connectivity index (χ4v) is 4.43. The van der Waals surface area contributed by atoms with Gasteiger partial charge in [0, 0.05) is 55.3 Å². The summed E-state index contributed by atoms with van der Waals surface area (Å²) in [6.45, 7) is 4.07. The molecular formula is C24H31N7O2. The summed E-state index contributed by atoms with van der Waals surface area (Å²) in [4.78, 5) is 42.6. The number of primary amides is 1. The Labute approximate surface area is 193 Å². The molecule has 2 amide bonds. The van der Waals surface area contributed by atoms with Gasteiger partial charge in [-0.2, -0.15) is 0 Å². The molecule has 9 heteroatoms. The number of carbonyl (C=O) groups is 2. The Bertz CT molecular complexity index is 1050. The Morgan fingerprint density at radius 1 is 0.939 bits per heavy atom. The lowest BCUT2D eigenvalue weighted by atomic mass is 9.90. The summed E-state index contributed by atoms with van der Waals surface area (Å²) in [5.41, 5.74) is 8.01.